The first kappa shape index (κ1) is 10.5. The molecule has 0 aromatic carbocycles. The fourth-order valence-corrected chi connectivity index (χ4v) is 2.10. The normalized spacial score (nSPS) is 10.3. The van der Waals surface area contributed by atoms with Crippen molar-refractivity contribution >= 4 is 28.8 Å². The summed E-state index contributed by atoms with van der Waals surface area (Å²) < 4.78 is 0. The summed E-state index contributed by atoms with van der Waals surface area (Å²) in [6, 6.07) is 5.90. The molecule has 0 spiro atoms. The zero-order valence-corrected chi connectivity index (χ0v) is 9.92. The summed E-state index contributed by atoms with van der Waals surface area (Å²) >= 11 is 7.49. The van der Waals surface area contributed by atoms with E-state index in [0.717, 1.165) is 12.4 Å². The highest BCUT2D eigenvalue weighted by Gasteiger charge is 2.03. The molecule has 0 atom stereocenters. The fourth-order valence-electron chi connectivity index (χ4n) is 1.33. The average Bonchev–Trinajstić information content (AvgIpc) is 2.71. The van der Waals surface area contributed by atoms with E-state index in [9.17, 15) is 0 Å². The minimum absolute atomic E-state index is 0.669. The highest BCUT2D eigenvalue weighted by molar-refractivity contribution is 7.07. The number of halogens is 1. The zero-order chi connectivity index (χ0) is 10.7. The van der Waals surface area contributed by atoms with E-state index in [2.05, 4.69) is 26.7 Å². The Morgan fingerprint density at radius 2 is 2.27 bits per heavy atom. The molecule has 2 nitrogen and oxygen atoms in total. The summed E-state index contributed by atoms with van der Waals surface area (Å²) in [5, 5.41) is 4.90. The van der Waals surface area contributed by atoms with Crippen LogP contribution in [-0.4, -0.2) is 12.0 Å². The Hall–Kier alpha value is -1.06. The fraction of sp³-hybridized carbons (Fsp3) is 0.182. The molecular formula is C11H11ClN2S. The molecule has 2 heterocycles. The highest BCUT2D eigenvalue weighted by Crippen LogP contribution is 2.16. The van der Waals surface area contributed by atoms with Crippen molar-refractivity contribution < 1.29 is 0 Å². The van der Waals surface area contributed by atoms with Gasteiger partial charge in [-0.1, -0.05) is 11.6 Å². The van der Waals surface area contributed by atoms with E-state index < -0.39 is 0 Å². The largest absolute Gasteiger partial charge is 0.355 e. The molecule has 2 rings (SSSR count). The second-order valence-corrected chi connectivity index (χ2v) is 4.54. The van der Waals surface area contributed by atoms with Crippen LogP contribution in [0.1, 0.15) is 5.56 Å². The lowest BCUT2D eigenvalue weighted by Crippen LogP contribution is -2.16. The highest BCUT2D eigenvalue weighted by atomic mass is 35.5. The summed E-state index contributed by atoms with van der Waals surface area (Å²) in [5.74, 6) is 0.936. The van der Waals surface area contributed by atoms with Gasteiger partial charge in [0.25, 0.3) is 0 Å². The monoisotopic (exact) mass is 238 g/mol. The Morgan fingerprint density at radius 1 is 1.40 bits per heavy atom. The summed E-state index contributed by atoms with van der Waals surface area (Å²) in [6.07, 6.45) is 1.67. The third-order valence-electron chi connectivity index (χ3n) is 2.10. The van der Waals surface area contributed by atoms with E-state index in [0.29, 0.717) is 5.02 Å². The Kier molecular flexibility index (Phi) is 3.23. The Balaban J connectivity index is 2.08. The first-order valence-electron chi connectivity index (χ1n) is 4.59. The molecule has 0 aliphatic carbocycles. The average molecular weight is 239 g/mol. The Bertz CT molecular complexity index is 411. The first-order valence-corrected chi connectivity index (χ1v) is 5.91. The van der Waals surface area contributed by atoms with Crippen molar-refractivity contribution in [3.63, 3.8) is 0 Å². The molecule has 0 bridgehead atoms. The van der Waals surface area contributed by atoms with Crippen molar-refractivity contribution in [1.29, 1.82) is 0 Å². The number of thiophene rings is 1. The summed E-state index contributed by atoms with van der Waals surface area (Å²) in [6.45, 7) is 0.873. The summed E-state index contributed by atoms with van der Waals surface area (Å²) in [7, 11) is 2.02. The third-order valence-corrected chi connectivity index (χ3v) is 3.06. The minimum Gasteiger partial charge on any atom is -0.355 e. The summed E-state index contributed by atoms with van der Waals surface area (Å²) in [5.41, 5.74) is 1.30. The topological polar surface area (TPSA) is 16.1 Å². The van der Waals surface area contributed by atoms with Gasteiger partial charge in [-0.15, -0.1) is 0 Å². The van der Waals surface area contributed by atoms with Crippen molar-refractivity contribution in [2.24, 2.45) is 0 Å². The molecular weight excluding hydrogens is 228 g/mol. The number of rotatable bonds is 3. The van der Waals surface area contributed by atoms with Gasteiger partial charge in [0.1, 0.15) is 5.82 Å². The SMILES string of the molecule is CN(Cc1ccsc1)c1ccc(Cl)cn1. The predicted molar refractivity (Wildman–Crippen MR) is 65.7 cm³/mol. The van der Waals surface area contributed by atoms with E-state index in [1.54, 1.807) is 17.5 Å². The molecule has 2 aromatic heterocycles. The second kappa shape index (κ2) is 4.64. The smallest absolute Gasteiger partial charge is 0.128 e. The van der Waals surface area contributed by atoms with E-state index in [1.807, 2.05) is 19.2 Å². The Labute approximate surface area is 98.1 Å². The van der Waals surface area contributed by atoms with Crippen molar-refractivity contribution in [2.45, 2.75) is 6.54 Å². The van der Waals surface area contributed by atoms with Crippen molar-refractivity contribution in [3.05, 3.63) is 45.7 Å². The van der Waals surface area contributed by atoms with Crippen LogP contribution in [0.3, 0.4) is 0 Å². The van der Waals surface area contributed by atoms with Crippen molar-refractivity contribution in [1.82, 2.24) is 4.98 Å². The third kappa shape index (κ3) is 2.70. The number of nitrogens with zero attached hydrogens (tertiary/aromatic N) is 2. The maximum Gasteiger partial charge on any atom is 0.128 e. The number of anilines is 1. The molecule has 0 aliphatic rings. The number of pyridine rings is 1. The summed E-state index contributed by atoms with van der Waals surface area (Å²) in [4.78, 5) is 6.35. The van der Waals surface area contributed by atoms with Crippen LogP contribution in [0, 0.1) is 0 Å². The minimum atomic E-state index is 0.669. The first-order chi connectivity index (χ1) is 7.25. The van der Waals surface area contributed by atoms with E-state index >= 15 is 0 Å². The molecule has 0 aliphatic heterocycles. The molecule has 0 amide bonds. The van der Waals surface area contributed by atoms with Gasteiger partial charge in [0.2, 0.25) is 0 Å². The van der Waals surface area contributed by atoms with Gasteiger partial charge < -0.3 is 4.90 Å². The van der Waals surface area contributed by atoms with E-state index in [4.69, 9.17) is 11.6 Å². The van der Waals surface area contributed by atoms with Crippen molar-refractivity contribution in [2.75, 3.05) is 11.9 Å². The maximum atomic E-state index is 5.78. The molecule has 0 radical (unpaired) electrons. The van der Waals surface area contributed by atoms with Gasteiger partial charge in [-0.2, -0.15) is 11.3 Å². The van der Waals surface area contributed by atoms with Crippen LogP contribution in [0.4, 0.5) is 5.82 Å². The predicted octanol–water partition coefficient (Wildman–Crippen LogP) is 3.43. The van der Waals surface area contributed by atoms with Crippen LogP contribution in [-0.2, 0) is 6.54 Å². The van der Waals surface area contributed by atoms with Crippen LogP contribution in [0.25, 0.3) is 0 Å². The molecule has 0 N–H and O–H groups in total. The number of hydrogen-bond donors (Lipinski definition) is 0. The maximum absolute atomic E-state index is 5.78. The van der Waals surface area contributed by atoms with Gasteiger partial charge in [-0.3, -0.25) is 0 Å². The van der Waals surface area contributed by atoms with Gasteiger partial charge in [0.05, 0.1) is 5.02 Å². The lowest BCUT2D eigenvalue weighted by atomic mass is 10.3. The molecule has 15 heavy (non-hydrogen) atoms. The van der Waals surface area contributed by atoms with Crippen molar-refractivity contribution in [3.8, 4) is 0 Å². The van der Waals surface area contributed by atoms with Gasteiger partial charge >= 0.3 is 0 Å². The second-order valence-electron chi connectivity index (χ2n) is 3.32. The van der Waals surface area contributed by atoms with Gasteiger partial charge in [-0.25, -0.2) is 4.98 Å². The molecule has 0 fully saturated rings. The molecule has 4 heteroatoms. The number of aromatic nitrogens is 1. The van der Waals surface area contributed by atoms with Gasteiger partial charge in [-0.05, 0) is 34.5 Å². The molecule has 0 saturated carbocycles. The van der Waals surface area contributed by atoms with Crippen LogP contribution >= 0.6 is 22.9 Å². The van der Waals surface area contributed by atoms with E-state index in [1.165, 1.54) is 5.56 Å². The quantitative estimate of drug-likeness (QED) is 0.815. The lowest BCUT2D eigenvalue weighted by Gasteiger charge is -2.17. The van der Waals surface area contributed by atoms with E-state index in [-0.39, 0.29) is 0 Å². The molecule has 2 aromatic rings. The van der Waals surface area contributed by atoms with Crippen LogP contribution in [0.15, 0.2) is 35.2 Å². The zero-order valence-electron chi connectivity index (χ0n) is 8.35. The number of hydrogen-bond acceptors (Lipinski definition) is 3. The molecule has 0 saturated heterocycles. The molecule has 78 valence electrons. The van der Waals surface area contributed by atoms with Crippen LogP contribution in [0.2, 0.25) is 5.02 Å². The lowest BCUT2D eigenvalue weighted by molar-refractivity contribution is 0.902. The van der Waals surface area contributed by atoms with Gasteiger partial charge in [0, 0.05) is 19.8 Å². The Morgan fingerprint density at radius 3 is 2.87 bits per heavy atom. The van der Waals surface area contributed by atoms with Crippen LogP contribution in [0.5, 0.6) is 0 Å². The standard InChI is InChI=1S/C11H11ClN2S/c1-14(7-9-4-5-15-8-9)11-3-2-10(12)6-13-11/h2-6,8H,7H2,1H3. The molecule has 0 unspecified atom stereocenters. The van der Waals surface area contributed by atoms with Gasteiger partial charge in [0.15, 0.2) is 0 Å². The van der Waals surface area contributed by atoms with Crippen LogP contribution < -0.4 is 4.90 Å².